The van der Waals surface area contributed by atoms with Crippen LogP contribution in [0.5, 0.6) is 0 Å². The highest BCUT2D eigenvalue weighted by atomic mass is 32.1. The van der Waals surface area contributed by atoms with Gasteiger partial charge in [0.15, 0.2) is 5.69 Å². The van der Waals surface area contributed by atoms with Gasteiger partial charge < -0.3 is 10.5 Å². The van der Waals surface area contributed by atoms with E-state index in [1.165, 1.54) is 0 Å². The minimum absolute atomic E-state index is 0.307. The lowest BCUT2D eigenvalue weighted by molar-refractivity contribution is -0.140. The molecule has 7 heteroatoms. The smallest absolute Gasteiger partial charge is 0.381 e. The van der Waals surface area contributed by atoms with Gasteiger partial charge in [0.1, 0.15) is 5.01 Å². The van der Waals surface area contributed by atoms with Crippen molar-refractivity contribution in [3.05, 3.63) is 16.1 Å². The molecule has 2 rings (SSSR count). The van der Waals surface area contributed by atoms with Gasteiger partial charge in [-0.2, -0.15) is 13.2 Å². The van der Waals surface area contributed by atoms with E-state index in [0.717, 1.165) is 16.7 Å². The maximum absolute atomic E-state index is 12.5. The molecule has 0 aliphatic carbocycles. The molecule has 17 heavy (non-hydrogen) atoms. The lowest BCUT2D eigenvalue weighted by atomic mass is 9.81. The van der Waals surface area contributed by atoms with Crippen molar-refractivity contribution in [2.45, 2.75) is 24.4 Å². The molecule has 1 aliphatic rings. The summed E-state index contributed by atoms with van der Waals surface area (Å²) < 4.78 is 42.7. The molecule has 0 bridgehead atoms. The fraction of sp³-hybridized carbons (Fsp3) is 0.700. The standard InChI is InChI=1S/C10H13F3N2OS/c11-10(12,13)7-5-17-8(15-7)9(6-14)1-3-16-4-2-9/h5H,1-4,6,14H2. The molecule has 1 aromatic heterocycles. The van der Waals surface area contributed by atoms with Gasteiger partial charge in [-0.05, 0) is 12.8 Å². The van der Waals surface area contributed by atoms with Gasteiger partial charge in [0, 0.05) is 30.6 Å². The Balaban J connectivity index is 2.28. The Labute approximate surface area is 101 Å². The molecule has 0 radical (unpaired) electrons. The van der Waals surface area contributed by atoms with Crippen LogP contribution in [-0.4, -0.2) is 24.7 Å². The fourth-order valence-electron chi connectivity index (χ4n) is 1.91. The minimum Gasteiger partial charge on any atom is -0.381 e. The summed E-state index contributed by atoms with van der Waals surface area (Å²) in [5.74, 6) is 0. The second kappa shape index (κ2) is 4.55. The van der Waals surface area contributed by atoms with Crippen LogP contribution in [0.4, 0.5) is 13.2 Å². The van der Waals surface area contributed by atoms with Crippen LogP contribution in [-0.2, 0) is 16.3 Å². The molecule has 96 valence electrons. The highest BCUT2D eigenvalue weighted by Crippen LogP contribution is 2.38. The van der Waals surface area contributed by atoms with Gasteiger partial charge in [-0.3, -0.25) is 0 Å². The van der Waals surface area contributed by atoms with E-state index >= 15 is 0 Å². The van der Waals surface area contributed by atoms with Crippen LogP contribution in [0.3, 0.4) is 0 Å². The number of halogens is 3. The molecule has 0 saturated carbocycles. The van der Waals surface area contributed by atoms with E-state index in [0.29, 0.717) is 37.6 Å². The summed E-state index contributed by atoms with van der Waals surface area (Å²) in [6.07, 6.45) is -3.11. The van der Waals surface area contributed by atoms with Crippen LogP contribution < -0.4 is 5.73 Å². The van der Waals surface area contributed by atoms with E-state index in [1.54, 1.807) is 0 Å². The summed E-state index contributed by atoms with van der Waals surface area (Å²) in [5, 5.41) is 1.54. The van der Waals surface area contributed by atoms with Crippen molar-refractivity contribution < 1.29 is 17.9 Å². The largest absolute Gasteiger partial charge is 0.434 e. The molecule has 2 N–H and O–H groups in total. The predicted octanol–water partition coefficient (Wildman–Crippen LogP) is 2.17. The molecule has 1 aliphatic heterocycles. The second-order valence-corrected chi connectivity index (χ2v) is 4.99. The van der Waals surface area contributed by atoms with Crippen LogP contribution in [0, 0.1) is 0 Å². The second-order valence-electron chi connectivity index (χ2n) is 4.13. The summed E-state index contributed by atoms with van der Waals surface area (Å²) in [7, 11) is 0. The van der Waals surface area contributed by atoms with Gasteiger partial charge in [-0.1, -0.05) is 0 Å². The van der Waals surface area contributed by atoms with Gasteiger partial charge in [0.25, 0.3) is 0 Å². The van der Waals surface area contributed by atoms with Crippen LogP contribution in [0.1, 0.15) is 23.5 Å². The molecule has 1 aromatic rings. The van der Waals surface area contributed by atoms with Gasteiger partial charge >= 0.3 is 6.18 Å². The van der Waals surface area contributed by atoms with Gasteiger partial charge in [0.05, 0.1) is 0 Å². The van der Waals surface area contributed by atoms with Gasteiger partial charge in [0.2, 0.25) is 0 Å². The number of nitrogens with zero attached hydrogens (tertiary/aromatic N) is 1. The summed E-state index contributed by atoms with van der Waals surface area (Å²) >= 11 is 1.04. The Bertz CT molecular complexity index is 385. The molecular weight excluding hydrogens is 253 g/mol. The normalized spacial score (nSPS) is 20.5. The molecule has 1 saturated heterocycles. The number of hydrogen-bond donors (Lipinski definition) is 1. The maximum Gasteiger partial charge on any atom is 0.434 e. The molecule has 3 nitrogen and oxygen atoms in total. The maximum atomic E-state index is 12.5. The summed E-state index contributed by atoms with van der Waals surface area (Å²) in [4.78, 5) is 3.71. The monoisotopic (exact) mass is 266 g/mol. The van der Waals surface area contributed by atoms with E-state index in [2.05, 4.69) is 4.98 Å². The third-order valence-corrected chi connectivity index (χ3v) is 4.18. The topological polar surface area (TPSA) is 48.1 Å². The summed E-state index contributed by atoms with van der Waals surface area (Å²) in [5.41, 5.74) is 4.46. The Hall–Kier alpha value is -0.660. The van der Waals surface area contributed by atoms with E-state index in [-0.39, 0.29) is 0 Å². The number of alkyl halides is 3. The number of thiazole rings is 1. The van der Waals surface area contributed by atoms with Crippen LogP contribution in [0.25, 0.3) is 0 Å². The molecular formula is C10H13F3N2OS. The van der Waals surface area contributed by atoms with Crippen LogP contribution in [0.15, 0.2) is 5.38 Å². The Morgan fingerprint density at radius 1 is 1.41 bits per heavy atom. The first-order valence-corrected chi connectivity index (χ1v) is 6.17. The third-order valence-electron chi connectivity index (χ3n) is 3.09. The van der Waals surface area contributed by atoms with Crippen LogP contribution in [0.2, 0.25) is 0 Å². The van der Waals surface area contributed by atoms with Crippen molar-refractivity contribution in [1.29, 1.82) is 0 Å². The van der Waals surface area contributed by atoms with E-state index in [9.17, 15) is 13.2 Å². The molecule has 0 atom stereocenters. The number of aromatic nitrogens is 1. The van der Waals surface area contributed by atoms with Crippen molar-refractivity contribution in [2.75, 3.05) is 19.8 Å². The zero-order valence-electron chi connectivity index (χ0n) is 9.09. The zero-order valence-corrected chi connectivity index (χ0v) is 9.90. The van der Waals surface area contributed by atoms with Crippen molar-refractivity contribution in [2.24, 2.45) is 5.73 Å². The number of nitrogens with two attached hydrogens (primary N) is 1. The van der Waals surface area contributed by atoms with Crippen molar-refractivity contribution in [3.8, 4) is 0 Å². The first kappa shape index (κ1) is 12.8. The van der Waals surface area contributed by atoms with E-state index in [4.69, 9.17) is 10.5 Å². The highest BCUT2D eigenvalue weighted by Gasteiger charge is 2.40. The third kappa shape index (κ3) is 2.46. The highest BCUT2D eigenvalue weighted by molar-refractivity contribution is 7.09. The zero-order chi connectivity index (χ0) is 12.5. The lowest BCUT2D eigenvalue weighted by Gasteiger charge is -2.34. The lowest BCUT2D eigenvalue weighted by Crippen LogP contribution is -2.40. The molecule has 0 amide bonds. The first-order chi connectivity index (χ1) is 7.98. The van der Waals surface area contributed by atoms with Gasteiger partial charge in [-0.15, -0.1) is 11.3 Å². The Morgan fingerprint density at radius 2 is 2.06 bits per heavy atom. The van der Waals surface area contributed by atoms with E-state index in [1.807, 2.05) is 0 Å². The number of hydrogen-bond acceptors (Lipinski definition) is 4. The van der Waals surface area contributed by atoms with Gasteiger partial charge in [-0.25, -0.2) is 4.98 Å². The fourth-order valence-corrected chi connectivity index (χ4v) is 3.01. The average molecular weight is 266 g/mol. The summed E-state index contributed by atoms with van der Waals surface area (Å²) in [6, 6.07) is 0. The number of rotatable bonds is 2. The summed E-state index contributed by atoms with van der Waals surface area (Å²) in [6.45, 7) is 1.36. The minimum atomic E-state index is -4.38. The van der Waals surface area contributed by atoms with Crippen LogP contribution >= 0.6 is 11.3 Å². The number of ether oxygens (including phenoxy) is 1. The van der Waals surface area contributed by atoms with Crippen molar-refractivity contribution >= 4 is 11.3 Å². The quantitative estimate of drug-likeness (QED) is 0.892. The Morgan fingerprint density at radius 3 is 2.53 bits per heavy atom. The molecule has 0 spiro atoms. The molecule has 0 aromatic carbocycles. The predicted molar refractivity (Wildman–Crippen MR) is 57.9 cm³/mol. The SMILES string of the molecule is NCC1(c2nc(C(F)(F)F)cs2)CCOCC1. The average Bonchev–Trinajstić information content (AvgIpc) is 2.79. The van der Waals surface area contributed by atoms with Crippen molar-refractivity contribution in [1.82, 2.24) is 4.98 Å². The first-order valence-electron chi connectivity index (χ1n) is 5.29. The van der Waals surface area contributed by atoms with E-state index < -0.39 is 17.3 Å². The van der Waals surface area contributed by atoms with Crippen molar-refractivity contribution in [3.63, 3.8) is 0 Å². The molecule has 1 fully saturated rings. The molecule has 0 unspecified atom stereocenters. The Kier molecular flexibility index (Phi) is 3.42. The molecule has 2 heterocycles.